The van der Waals surface area contributed by atoms with E-state index in [1.807, 2.05) is 0 Å². The van der Waals surface area contributed by atoms with Gasteiger partial charge in [0.05, 0.1) is 12.1 Å². The van der Waals surface area contributed by atoms with E-state index in [2.05, 4.69) is 15.0 Å². The number of halogens is 2. The van der Waals surface area contributed by atoms with Crippen molar-refractivity contribution in [2.45, 2.75) is 6.61 Å². The number of rotatable bonds is 4. The second-order valence-electron chi connectivity index (χ2n) is 3.24. The van der Waals surface area contributed by atoms with Crippen LogP contribution in [0.5, 0.6) is 11.8 Å². The van der Waals surface area contributed by atoms with E-state index in [4.69, 9.17) is 21.1 Å². The Morgan fingerprint density at radius 1 is 1.39 bits per heavy atom. The van der Waals surface area contributed by atoms with E-state index in [0.29, 0.717) is 11.7 Å². The Labute approximate surface area is 108 Å². The standard InChI is InChI=1S/C11H9ClFN3O2/c1-17-10-2-3-14-9(16-10)6-18-11-8(13)4-7(12)5-15-11/h2-5H,6H2,1H3. The number of nitrogens with zero attached hydrogens (tertiary/aromatic N) is 3. The Bertz CT molecular complexity index is 554. The van der Waals surface area contributed by atoms with Crippen molar-refractivity contribution in [2.75, 3.05) is 7.11 Å². The molecule has 0 saturated heterocycles. The molecular weight excluding hydrogens is 261 g/mol. The lowest BCUT2D eigenvalue weighted by atomic mass is 10.4. The minimum Gasteiger partial charge on any atom is -0.481 e. The van der Waals surface area contributed by atoms with Gasteiger partial charge < -0.3 is 9.47 Å². The third kappa shape index (κ3) is 3.04. The van der Waals surface area contributed by atoms with Gasteiger partial charge >= 0.3 is 0 Å². The summed E-state index contributed by atoms with van der Waals surface area (Å²) in [4.78, 5) is 11.7. The average Bonchev–Trinajstić information content (AvgIpc) is 2.38. The summed E-state index contributed by atoms with van der Waals surface area (Å²) in [6.07, 6.45) is 2.82. The fourth-order valence-corrected chi connectivity index (χ4v) is 1.35. The Balaban J connectivity index is 2.06. The molecule has 0 spiro atoms. The molecule has 0 N–H and O–H groups in total. The quantitative estimate of drug-likeness (QED) is 0.852. The number of ether oxygens (including phenoxy) is 2. The maximum absolute atomic E-state index is 13.4. The Hall–Kier alpha value is -1.95. The van der Waals surface area contributed by atoms with Crippen LogP contribution in [-0.4, -0.2) is 22.1 Å². The molecule has 0 fully saturated rings. The van der Waals surface area contributed by atoms with E-state index in [-0.39, 0.29) is 17.5 Å². The molecule has 7 heteroatoms. The van der Waals surface area contributed by atoms with Crippen molar-refractivity contribution in [3.8, 4) is 11.8 Å². The first-order valence-electron chi connectivity index (χ1n) is 4.99. The van der Waals surface area contributed by atoms with Crippen LogP contribution in [0.1, 0.15) is 5.82 Å². The minimum absolute atomic E-state index is 0.0112. The van der Waals surface area contributed by atoms with Gasteiger partial charge in [-0.25, -0.2) is 14.4 Å². The zero-order chi connectivity index (χ0) is 13.0. The third-order valence-electron chi connectivity index (χ3n) is 2.00. The number of hydrogen-bond acceptors (Lipinski definition) is 5. The van der Waals surface area contributed by atoms with Crippen molar-refractivity contribution in [3.63, 3.8) is 0 Å². The summed E-state index contributed by atoms with van der Waals surface area (Å²) in [6.45, 7) is -0.0112. The summed E-state index contributed by atoms with van der Waals surface area (Å²) in [5.41, 5.74) is 0. The highest BCUT2D eigenvalue weighted by Crippen LogP contribution is 2.18. The van der Waals surface area contributed by atoms with Crippen LogP contribution >= 0.6 is 11.6 Å². The molecular formula is C11H9ClFN3O2. The topological polar surface area (TPSA) is 57.1 Å². The third-order valence-corrected chi connectivity index (χ3v) is 2.21. The van der Waals surface area contributed by atoms with Gasteiger partial charge in [-0.05, 0) is 6.07 Å². The monoisotopic (exact) mass is 269 g/mol. The van der Waals surface area contributed by atoms with E-state index in [0.717, 1.165) is 6.07 Å². The van der Waals surface area contributed by atoms with Gasteiger partial charge in [-0.2, -0.15) is 4.98 Å². The largest absolute Gasteiger partial charge is 0.481 e. The number of hydrogen-bond donors (Lipinski definition) is 0. The van der Waals surface area contributed by atoms with Crippen molar-refractivity contribution in [1.29, 1.82) is 0 Å². The normalized spacial score (nSPS) is 10.2. The van der Waals surface area contributed by atoms with Crippen LogP contribution in [0.2, 0.25) is 5.02 Å². The zero-order valence-electron chi connectivity index (χ0n) is 9.43. The molecule has 2 aromatic heterocycles. The lowest BCUT2D eigenvalue weighted by molar-refractivity contribution is 0.266. The van der Waals surface area contributed by atoms with Crippen LogP contribution in [0, 0.1) is 5.82 Å². The highest BCUT2D eigenvalue weighted by molar-refractivity contribution is 6.30. The molecule has 0 radical (unpaired) electrons. The fourth-order valence-electron chi connectivity index (χ4n) is 1.20. The zero-order valence-corrected chi connectivity index (χ0v) is 10.2. The second kappa shape index (κ2) is 5.59. The number of methoxy groups -OCH3 is 1. The fraction of sp³-hybridized carbons (Fsp3) is 0.182. The Morgan fingerprint density at radius 3 is 2.94 bits per heavy atom. The SMILES string of the molecule is COc1ccnc(COc2ncc(Cl)cc2F)n1. The molecule has 0 amide bonds. The molecule has 0 aliphatic rings. The molecule has 18 heavy (non-hydrogen) atoms. The molecule has 0 aliphatic carbocycles. The van der Waals surface area contributed by atoms with Crippen LogP contribution in [0.15, 0.2) is 24.5 Å². The molecule has 5 nitrogen and oxygen atoms in total. The lowest BCUT2D eigenvalue weighted by Gasteiger charge is -2.06. The van der Waals surface area contributed by atoms with Crippen LogP contribution in [0.4, 0.5) is 4.39 Å². The summed E-state index contributed by atoms with van der Waals surface area (Å²) >= 11 is 5.57. The van der Waals surface area contributed by atoms with Crippen molar-refractivity contribution in [1.82, 2.24) is 15.0 Å². The summed E-state index contributed by atoms with van der Waals surface area (Å²) in [6, 6.07) is 2.72. The van der Waals surface area contributed by atoms with E-state index < -0.39 is 5.82 Å². The first-order chi connectivity index (χ1) is 8.69. The Kier molecular flexibility index (Phi) is 3.88. The summed E-state index contributed by atoms with van der Waals surface area (Å²) in [5.74, 6) is -0.00477. The van der Waals surface area contributed by atoms with E-state index in [9.17, 15) is 4.39 Å². The van der Waals surface area contributed by atoms with E-state index in [1.54, 1.807) is 6.07 Å². The summed E-state index contributed by atoms with van der Waals surface area (Å²) < 4.78 is 23.4. The van der Waals surface area contributed by atoms with Gasteiger partial charge in [0, 0.05) is 18.5 Å². The van der Waals surface area contributed by atoms with Gasteiger partial charge in [-0.1, -0.05) is 11.6 Å². The molecule has 0 saturated carbocycles. The predicted octanol–water partition coefficient (Wildman–Crippen LogP) is 2.25. The molecule has 94 valence electrons. The molecule has 0 aromatic carbocycles. The smallest absolute Gasteiger partial charge is 0.250 e. The maximum Gasteiger partial charge on any atom is 0.250 e. The van der Waals surface area contributed by atoms with Gasteiger partial charge in [-0.15, -0.1) is 0 Å². The van der Waals surface area contributed by atoms with Gasteiger partial charge in [0.1, 0.15) is 6.61 Å². The van der Waals surface area contributed by atoms with Gasteiger partial charge in [0.15, 0.2) is 11.6 Å². The molecule has 0 atom stereocenters. The minimum atomic E-state index is -0.634. The van der Waals surface area contributed by atoms with E-state index >= 15 is 0 Å². The van der Waals surface area contributed by atoms with Crippen LogP contribution in [-0.2, 0) is 6.61 Å². The molecule has 2 heterocycles. The maximum atomic E-state index is 13.4. The summed E-state index contributed by atoms with van der Waals surface area (Å²) in [5, 5.41) is 0.206. The first-order valence-corrected chi connectivity index (χ1v) is 5.36. The second-order valence-corrected chi connectivity index (χ2v) is 3.68. The number of aromatic nitrogens is 3. The highest BCUT2D eigenvalue weighted by atomic mass is 35.5. The van der Waals surface area contributed by atoms with Crippen molar-refractivity contribution in [3.05, 3.63) is 41.2 Å². The lowest BCUT2D eigenvalue weighted by Crippen LogP contribution is -2.04. The first kappa shape index (κ1) is 12.5. The van der Waals surface area contributed by atoms with Crippen LogP contribution in [0.3, 0.4) is 0 Å². The molecule has 0 bridgehead atoms. The molecule has 0 aliphatic heterocycles. The van der Waals surface area contributed by atoms with Crippen LogP contribution in [0.25, 0.3) is 0 Å². The Morgan fingerprint density at radius 2 is 2.22 bits per heavy atom. The predicted molar refractivity (Wildman–Crippen MR) is 62.1 cm³/mol. The highest BCUT2D eigenvalue weighted by Gasteiger charge is 2.07. The van der Waals surface area contributed by atoms with Crippen LogP contribution < -0.4 is 9.47 Å². The average molecular weight is 270 g/mol. The molecule has 0 unspecified atom stereocenters. The van der Waals surface area contributed by atoms with Gasteiger partial charge in [-0.3, -0.25) is 0 Å². The van der Waals surface area contributed by atoms with Crippen molar-refractivity contribution >= 4 is 11.6 Å². The number of pyridine rings is 1. The van der Waals surface area contributed by atoms with Gasteiger partial charge in [0.25, 0.3) is 5.88 Å². The van der Waals surface area contributed by atoms with Gasteiger partial charge in [0.2, 0.25) is 5.88 Å². The molecule has 2 aromatic rings. The van der Waals surface area contributed by atoms with E-state index in [1.165, 1.54) is 19.5 Å². The summed E-state index contributed by atoms with van der Waals surface area (Å²) in [7, 11) is 1.49. The molecule has 2 rings (SSSR count). The van der Waals surface area contributed by atoms with Crippen molar-refractivity contribution < 1.29 is 13.9 Å². The van der Waals surface area contributed by atoms with Crippen molar-refractivity contribution in [2.24, 2.45) is 0 Å².